The number of hydrogen-bond donors (Lipinski definition) is 1. The summed E-state index contributed by atoms with van der Waals surface area (Å²) in [5.74, 6) is -0.257. The van der Waals surface area contributed by atoms with Crippen LogP contribution in [0.1, 0.15) is 39.1 Å². The molecule has 1 heterocycles. The van der Waals surface area contributed by atoms with E-state index in [0.717, 1.165) is 11.1 Å². The zero-order chi connectivity index (χ0) is 19.2. The molecule has 5 nitrogen and oxygen atoms in total. The molecule has 2 amide bonds. The predicted octanol–water partition coefficient (Wildman–Crippen LogP) is 2.85. The molecule has 27 heavy (non-hydrogen) atoms. The Hall–Kier alpha value is -2.95. The minimum atomic E-state index is -0.252. The number of amides is 2. The third kappa shape index (κ3) is 4.82. The molecular weight excluding hydrogens is 340 g/mol. The number of likely N-dealkylation sites (tertiary alicyclic amines) is 1. The number of rotatable bonds is 5. The minimum Gasteiger partial charge on any atom is -0.343 e. The van der Waals surface area contributed by atoms with Gasteiger partial charge in [-0.25, -0.2) is 0 Å². The van der Waals surface area contributed by atoms with E-state index >= 15 is 0 Å². The Morgan fingerprint density at radius 2 is 1.56 bits per heavy atom. The molecule has 1 aliphatic rings. The number of ketones is 1. The Morgan fingerprint density at radius 3 is 2.19 bits per heavy atom. The molecule has 0 saturated carbocycles. The summed E-state index contributed by atoms with van der Waals surface area (Å²) in [6, 6.07) is 16.5. The number of piperidine rings is 1. The molecule has 0 spiro atoms. The molecule has 0 atom stereocenters. The molecule has 0 bridgehead atoms. The van der Waals surface area contributed by atoms with Crippen LogP contribution in [0.2, 0.25) is 0 Å². The molecule has 1 saturated heterocycles. The molecule has 140 valence electrons. The first kappa shape index (κ1) is 18.8. The molecular formula is C22H24N2O3. The van der Waals surface area contributed by atoms with E-state index in [2.05, 4.69) is 5.32 Å². The van der Waals surface area contributed by atoms with Gasteiger partial charge < -0.3 is 10.2 Å². The number of benzene rings is 2. The molecule has 0 aliphatic carbocycles. The fourth-order valence-electron chi connectivity index (χ4n) is 3.30. The van der Waals surface area contributed by atoms with Gasteiger partial charge in [-0.1, -0.05) is 48.0 Å². The fourth-order valence-corrected chi connectivity index (χ4v) is 3.30. The minimum absolute atomic E-state index is 0.0238. The van der Waals surface area contributed by atoms with E-state index in [4.69, 9.17) is 0 Å². The highest BCUT2D eigenvalue weighted by Gasteiger charge is 2.27. The smallest absolute Gasteiger partial charge is 0.251 e. The highest BCUT2D eigenvalue weighted by atomic mass is 16.2. The SMILES string of the molecule is Cc1ccc(C(=O)NCC(=O)N2CCC(C(=O)c3ccccc3)CC2)cc1. The quantitative estimate of drug-likeness (QED) is 0.830. The molecule has 1 N–H and O–H groups in total. The molecule has 5 heteroatoms. The van der Waals surface area contributed by atoms with Crippen LogP contribution in [0.15, 0.2) is 54.6 Å². The maximum Gasteiger partial charge on any atom is 0.251 e. The lowest BCUT2D eigenvalue weighted by atomic mass is 9.89. The van der Waals surface area contributed by atoms with Crippen LogP contribution in [0.5, 0.6) is 0 Å². The maximum atomic E-state index is 12.5. The van der Waals surface area contributed by atoms with Gasteiger partial charge in [-0.05, 0) is 31.9 Å². The first-order chi connectivity index (χ1) is 13.0. The summed E-state index contributed by atoms with van der Waals surface area (Å²) in [6.07, 6.45) is 1.32. The molecule has 3 rings (SSSR count). The van der Waals surface area contributed by atoms with Gasteiger partial charge in [0, 0.05) is 30.1 Å². The number of nitrogens with one attached hydrogen (secondary N) is 1. The zero-order valence-electron chi connectivity index (χ0n) is 15.5. The summed E-state index contributed by atoms with van der Waals surface area (Å²) in [7, 11) is 0. The summed E-state index contributed by atoms with van der Waals surface area (Å²) >= 11 is 0. The second-order valence-corrected chi connectivity index (χ2v) is 6.93. The lowest BCUT2D eigenvalue weighted by Crippen LogP contribution is -2.45. The summed E-state index contributed by atoms with van der Waals surface area (Å²) < 4.78 is 0. The van der Waals surface area contributed by atoms with E-state index in [-0.39, 0.29) is 30.1 Å². The number of aryl methyl sites for hydroxylation is 1. The molecule has 1 aliphatic heterocycles. The van der Waals surface area contributed by atoms with E-state index < -0.39 is 0 Å². The lowest BCUT2D eigenvalue weighted by Gasteiger charge is -2.31. The summed E-state index contributed by atoms with van der Waals surface area (Å²) in [5, 5.41) is 2.68. The summed E-state index contributed by atoms with van der Waals surface area (Å²) in [4.78, 5) is 38.7. The van der Waals surface area contributed by atoms with Gasteiger partial charge in [0.25, 0.3) is 5.91 Å². The van der Waals surface area contributed by atoms with Crippen molar-refractivity contribution >= 4 is 17.6 Å². The van der Waals surface area contributed by atoms with Crippen molar-refractivity contribution in [3.63, 3.8) is 0 Å². The van der Waals surface area contributed by atoms with Crippen LogP contribution in [-0.2, 0) is 4.79 Å². The molecule has 2 aromatic rings. The van der Waals surface area contributed by atoms with Crippen molar-refractivity contribution in [1.82, 2.24) is 10.2 Å². The molecule has 0 radical (unpaired) electrons. The standard InChI is InChI=1S/C22H24N2O3/c1-16-7-9-19(10-8-16)22(27)23-15-20(25)24-13-11-18(12-14-24)21(26)17-5-3-2-4-6-17/h2-10,18H,11-15H2,1H3,(H,23,27). The average Bonchev–Trinajstić information content (AvgIpc) is 2.72. The Kier molecular flexibility index (Phi) is 6.01. The van der Waals surface area contributed by atoms with Gasteiger partial charge in [0.2, 0.25) is 5.91 Å². The van der Waals surface area contributed by atoms with Crippen molar-refractivity contribution in [2.45, 2.75) is 19.8 Å². The maximum absolute atomic E-state index is 12.5. The molecule has 1 fully saturated rings. The van der Waals surface area contributed by atoms with Gasteiger partial charge in [0.1, 0.15) is 0 Å². The van der Waals surface area contributed by atoms with Crippen molar-refractivity contribution in [2.75, 3.05) is 19.6 Å². The zero-order valence-corrected chi connectivity index (χ0v) is 15.5. The third-order valence-electron chi connectivity index (χ3n) is 4.99. The van der Waals surface area contributed by atoms with Crippen LogP contribution >= 0.6 is 0 Å². The van der Waals surface area contributed by atoms with E-state index in [1.54, 1.807) is 17.0 Å². The van der Waals surface area contributed by atoms with Gasteiger partial charge in [0.15, 0.2) is 5.78 Å². The predicted molar refractivity (Wildman–Crippen MR) is 104 cm³/mol. The van der Waals surface area contributed by atoms with Gasteiger partial charge in [0.05, 0.1) is 6.54 Å². The van der Waals surface area contributed by atoms with E-state index in [0.29, 0.717) is 31.5 Å². The fraction of sp³-hybridized carbons (Fsp3) is 0.318. The third-order valence-corrected chi connectivity index (χ3v) is 4.99. The van der Waals surface area contributed by atoms with Crippen LogP contribution < -0.4 is 5.32 Å². The monoisotopic (exact) mass is 364 g/mol. The first-order valence-corrected chi connectivity index (χ1v) is 9.26. The number of Topliss-reactive ketones (excluding diaryl/α,β-unsaturated/α-hetero) is 1. The summed E-state index contributed by atoms with van der Waals surface area (Å²) in [6.45, 7) is 3.02. The van der Waals surface area contributed by atoms with Crippen LogP contribution in [-0.4, -0.2) is 42.1 Å². The largest absolute Gasteiger partial charge is 0.343 e. The lowest BCUT2D eigenvalue weighted by molar-refractivity contribution is -0.131. The van der Waals surface area contributed by atoms with Crippen molar-refractivity contribution < 1.29 is 14.4 Å². The highest BCUT2D eigenvalue weighted by Crippen LogP contribution is 2.21. The van der Waals surface area contributed by atoms with Crippen LogP contribution in [0.4, 0.5) is 0 Å². The summed E-state index contributed by atoms with van der Waals surface area (Å²) in [5.41, 5.74) is 2.35. The normalized spacial score (nSPS) is 14.6. The first-order valence-electron chi connectivity index (χ1n) is 9.26. The molecule has 0 aromatic heterocycles. The van der Waals surface area contributed by atoms with Crippen molar-refractivity contribution in [3.05, 3.63) is 71.3 Å². The Labute approximate surface area is 159 Å². The van der Waals surface area contributed by atoms with E-state index in [1.165, 1.54) is 0 Å². The molecule has 2 aromatic carbocycles. The van der Waals surface area contributed by atoms with Crippen molar-refractivity contribution in [2.24, 2.45) is 5.92 Å². The Morgan fingerprint density at radius 1 is 0.926 bits per heavy atom. The van der Waals surface area contributed by atoms with Gasteiger partial charge in [-0.3, -0.25) is 14.4 Å². The van der Waals surface area contributed by atoms with Gasteiger partial charge in [-0.2, -0.15) is 0 Å². The average molecular weight is 364 g/mol. The highest BCUT2D eigenvalue weighted by molar-refractivity contribution is 5.98. The topological polar surface area (TPSA) is 66.5 Å². The number of carbonyl (C=O) groups is 3. The second kappa shape index (κ2) is 8.62. The van der Waals surface area contributed by atoms with Crippen LogP contribution in [0.3, 0.4) is 0 Å². The Balaban J connectivity index is 1.46. The van der Waals surface area contributed by atoms with Crippen LogP contribution in [0.25, 0.3) is 0 Å². The van der Waals surface area contributed by atoms with E-state index in [9.17, 15) is 14.4 Å². The Bertz CT molecular complexity index is 807. The van der Waals surface area contributed by atoms with Gasteiger partial charge in [-0.15, -0.1) is 0 Å². The number of hydrogen-bond acceptors (Lipinski definition) is 3. The number of nitrogens with zero attached hydrogens (tertiary/aromatic N) is 1. The van der Waals surface area contributed by atoms with Crippen molar-refractivity contribution in [3.8, 4) is 0 Å². The van der Waals surface area contributed by atoms with Crippen molar-refractivity contribution in [1.29, 1.82) is 0 Å². The second-order valence-electron chi connectivity index (χ2n) is 6.93. The molecule has 0 unspecified atom stereocenters. The van der Waals surface area contributed by atoms with Crippen LogP contribution in [0, 0.1) is 12.8 Å². The van der Waals surface area contributed by atoms with Gasteiger partial charge >= 0.3 is 0 Å². The van der Waals surface area contributed by atoms with E-state index in [1.807, 2.05) is 49.4 Å². The number of carbonyl (C=O) groups excluding carboxylic acids is 3.